The SMILES string of the molecule is CC1(C)CCCC1NC1CCC(N)CC1. The van der Waals surface area contributed by atoms with Crippen LogP contribution < -0.4 is 11.1 Å². The fraction of sp³-hybridized carbons (Fsp3) is 1.00. The largest absolute Gasteiger partial charge is 0.328 e. The van der Waals surface area contributed by atoms with Gasteiger partial charge in [-0.25, -0.2) is 0 Å². The van der Waals surface area contributed by atoms with E-state index in [4.69, 9.17) is 5.73 Å². The summed E-state index contributed by atoms with van der Waals surface area (Å²) < 4.78 is 0. The van der Waals surface area contributed by atoms with Crippen molar-refractivity contribution in [2.24, 2.45) is 11.1 Å². The second-order valence-electron chi connectivity index (χ2n) is 6.21. The molecular formula is C13H26N2. The molecule has 0 aromatic heterocycles. The molecule has 0 aromatic carbocycles. The Balaban J connectivity index is 1.81. The first-order valence-corrected chi connectivity index (χ1v) is 6.59. The van der Waals surface area contributed by atoms with Crippen LogP contribution in [0.5, 0.6) is 0 Å². The highest BCUT2D eigenvalue weighted by Crippen LogP contribution is 2.38. The topological polar surface area (TPSA) is 38.0 Å². The summed E-state index contributed by atoms with van der Waals surface area (Å²) in [5.41, 5.74) is 6.44. The predicted octanol–water partition coefficient (Wildman–Crippen LogP) is 2.42. The molecule has 2 heteroatoms. The molecule has 2 nitrogen and oxygen atoms in total. The Kier molecular flexibility index (Phi) is 3.36. The third-order valence-corrected chi connectivity index (χ3v) is 4.47. The van der Waals surface area contributed by atoms with Crippen LogP contribution in [0.2, 0.25) is 0 Å². The maximum Gasteiger partial charge on any atom is 0.0121 e. The molecule has 0 spiro atoms. The molecule has 0 radical (unpaired) electrons. The van der Waals surface area contributed by atoms with Gasteiger partial charge in [-0.2, -0.15) is 0 Å². The molecule has 1 unspecified atom stereocenters. The summed E-state index contributed by atoms with van der Waals surface area (Å²) >= 11 is 0. The minimum absolute atomic E-state index is 0.472. The van der Waals surface area contributed by atoms with E-state index in [-0.39, 0.29) is 0 Å². The van der Waals surface area contributed by atoms with Crippen molar-refractivity contribution in [3.05, 3.63) is 0 Å². The summed E-state index contributed by atoms with van der Waals surface area (Å²) in [6.45, 7) is 4.82. The van der Waals surface area contributed by atoms with Crippen LogP contribution in [0.1, 0.15) is 58.8 Å². The van der Waals surface area contributed by atoms with E-state index in [2.05, 4.69) is 19.2 Å². The molecule has 1 atom stereocenters. The molecule has 2 aliphatic rings. The number of nitrogens with one attached hydrogen (secondary N) is 1. The van der Waals surface area contributed by atoms with Crippen LogP contribution in [0.3, 0.4) is 0 Å². The van der Waals surface area contributed by atoms with Crippen molar-refractivity contribution in [2.45, 2.75) is 76.9 Å². The molecule has 0 heterocycles. The van der Waals surface area contributed by atoms with Crippen molar-refractivity contribution in [2.75, 3.05) is 0 Å². The second-order valence-corrected chi connectivity index (χ2v) is 6.21. The van der Waals surface area contributed by atoms with Gasteiger partial charge < -0.3 is 11.1 Å². The van der Waals surface area contributed by atoms with Gasteiger partial charge in [0.2, 0.25) is 0 Å². The van der Waals surface area contributed by atoms with Crippen molar-refractivity contribution >= 4 is 0 Å². The Morgan fingerprint density at radius 2 is 1.73 bits per heavy atom. The van der Waals surface area contributed by atoms with Crippen LogP contribution in [0, 0.1) is 5.41 Å². The Morgan fingerprint density at radius 3 is 2.27 bits per heavy atom. The maximum absolute atomic E-state index is 5.93. The normalized spacial score (nSPS) is 40.6. The first kappa shape index (κ1) is 11.4. The van der Waals surface area contributed by atoms with Gasteiger partial charge in [0.1, 0.15) is 0 Å². The first-order chi connectivity index (χ1) is 7.08. The molecule has 0 bridgehead atoms. The zero-order chi connectivity index (χ0) is 10.9. The molecule has 15 heavy (non-hydrogen) atoms. The van der Waals surface area contributed by atoms with Crippen LogP contribution in [-0.4, -0.2) is 18.1 Å². The standard InChI is InChI=1S/C13H26N2/c1-13(2)9-3-4-12(13)15-11-7-5-10(14)6-8-11/h10-12,15H,3-9,14H2,1-2H3. The van der Waals surface area contributed by atoms with Gasteiger partial charge >= 0.3 is 0 Å². The fourth-order valence-corrected chi connectivity index (χ4v) is 3.21. The molecular weight excluding hydrogens is 184 g/mol. The Bertz CT molecular complexity index is 205. The van der Waals surface area contributed by atoms with E-state index in [1.54, 1.807) is 0 Å². The van der Waals surface area contributed by atoms with E-state index in [1.165, 1.54) is 44.9 Å². The lowest BCUT2D eigenvalue weighted by Crippen LogP contribution is -2.46. The third kappa shape index (κ3) is 2.73. The van der Waals surface area contributed by atoms with Gasteiger partial charge in [-0.15, -0.1) is 0 Å². The highest BCUT2D eigenvalue weighted by atomic mass is 15.0. The van der Waals surface area contributed by atoms with Crippen molar-refractivity contribution in [1.82, 2.24) is 5.32 Å². The fourth-order valence-electron chi connectivity index (χ4n) is 3.21. The molecule has 88 valence electrons. The molecule has 2 fully saturated rings. The van der Waals surface area contributed by atoms with Crippen molar-refractivity contribution in [1.29, 1.82) is 0 Å². The predicted molar refractivity (Wildman–Crippen MR) is 64.8 cm³/mol. The van der Waals surface area contributed by atoms with Gasteiger partial charge in [-0.05, 0) is 43.9 Å². The monoisotopic (exact) mass is 210 g/mol. The highest BCUT2D eigenvalue weighted by molar-refractivity contribution is 4.93. The van der Waals surface area contributed by atoms with Crippen LogP contribution >= 0.6 is 0 Å². The van der Waals surface area contributed by atoms with Crippen LogP contribution in [0.15, 0.2) is 0 Å². The van der Waals surface area contributed by atoms with E-state index in [0.29, 0.717) is 11.5 Å². The summed E-state index contributed by atoms with van der Waals surface area (Å²) in [6.07, 6.45) is 9.15. The lowest BCUT2D eigenvalue weighted by Gasteiger charge is -2.35. The number of rotatable bonds is 2. The molecule has 0 amide bonds. The zero-order valence-corrected chi connectivity index (χ0v) is 10.3. The Morgan fingerprint density at radius 1 is 1.07 bits per heavy atom. The number of hydrogen-bond donors (Lipinski definition) is 2. The van der Waals surface area contributed by atoms with Crippen molar-refractivity contribution in [3.8, 4) is 0 Å². The van der Waals surface area contributed by atoms with Crippen LogP contribution in [0.25, 0.3) is 0 Å². The quantitative estimate of drug-likeness (QED) is 0.734. The van der Waals surface area contributed by atoms with Gasteiger partial charge in [0.25, 0.3) is 0 Å². The van der Waals surface area contributed by atoms with Gasteiger partial charge in [-0.1, -0.05) is 20.3 Å². The van der Waals surface area contributed by atoms with Gasteiger partial charge in [0, 0.05) is 18.1 Å². The number of nitrogens with two attached hydrogens (primary N) is 1. The van der Waals surface area contributed by atoms with Crippen molar-refractivity contribution < 1.29 is 0 Å². The first-order valence-electron chi connectivity index (χ1n) is 6.59. The van der Waals surface area contributed by atoms with Crippen molar-refractivity contribution in [3.63, 3.8) is 0 Å². The molecule has 0 aromatic rings. The van der Waals surface area contributed by atoms with E-state index >= 15 is 0 Å². The van der Waals surface area contributed by atoms with E-state index < -0.39 is 0 Å². The molecule has 3 N–H and O–H groups in total. The minimum Gasteiger partial charge on any atom is -0.328 e. The van der Waals surface area contributed by atoms with E-state index in [0.717, 1.165) is 12.1 Å². The summed E-state index contributed by atoms with van der Waals surface area (Å²) in [5.74, 6) is 0. The average Bonchev–Trinajstić information content (AvgIpc) is 2.50. The molecule has 0 saturated heterocycles. The van der Waals surface area contributed by atoms with Gasteiger partial charge in [0.05, 0.1) is 0 Å². The molecule has 2 rings (SSSR count). The van der Waals surface area contributed by atoms with Gasteiger partial charge in [0.15, 0.2) is 0 Å². The molecule has 2 saturated carbocycles. The van der Waals surface area contributed by atoms with Crippen LogP contribution in [0.4, 0.5) is 0 Å². The molecule has 0 aliphatic heterocycles. The third-order valence-electron chi connectivity index (χ3n) is 4.47. The summed E-state index contributed by atoms with van der Waals surface area (Å²) in [5, 5.41) is 3.87. The second kappa shape index (κ2) is 4.42. The zero-order valence-electron chi connectivity index (χ0n) is 10.3. The minimum atomic E-state index is 0.472. The average molecular weight is 210 g/mol. The number of hydrogen-bond acceptors (Lipinski definition) is 2. The summed E-state index contributed by atoms with van der Waals surface area (Å²) in [7, 11) is 0. The highest BCUT2D eigenvalue weighted by Gasteiger charge is 2.35. The lowest BCUT2D eigenvalue weighted by molar-refractivity contribution is 0.231. The summed E-state index contributed by atoms with van der Waals surface area (Å²) in [6, 6.07) is 1.96. The van der Waals surface area contributed by atoms with E-state index in [1.807, 2.05) is 0 Å². The molecule has 2 aliphatic carbocycles. The van der Waals surface area contributed by atoms with E-state index in [9.17, 15) is 0 Å². The van der Waals surface area contributed by atoms with Crippen LogP contribution in [-0.2, 0) is 0 Å². The van der Waals surface area contributed by atoms with Gasteiger partial charge in [-0.3, -0.25) is 0 Å². The Hall–Kier alpha value is -0.0800. The maximum atomic E-state index is 5.93. The smallest absolute Gasteiger partial charge is 0.0121 e. The Labute approximate surface area is 94.0 Å². The lowest BCUT2D eigenvalue weighted by atomic mass is 9.85. The summed E-state index contributed by atoms with van der Waals surface area (Å²) in [4.78, 5) is 0.